The molecule has 7 nitrogen and oxygen atoms in total. The van der Waals surface area contributed by atoms with Crippen LogP contribution in [0.4, 0.5) is 20.2 Å². The van der Waals surface area contributed by atoms with E-state index in [0.29, 0.717) is 5.69 Å². The third-order valence-electron chi connectivity index (χ3n) is 4.25. The van der Waals surface area contributed by atoms with Crippen molar-refractivity contribution in [1.82, 2.24) is 0 Å². The number of esters is 1. The smallest absolute Gasteiger partial charge is 0.338 e. The quantitative estimate of drug-likeness (QED) is 0.613. The summed E-state index contributed by atoms with van der Waals surface area (Å²) in [5.74, 6) is -3.88. The highest BCUT2D eigenvalue weighted by Gasteiger charge is 2.30. The topological polar surface area (TPSA) is 92.8 Å². The molecular weight excluding hydrogens is 386 g/mol. The lowest BCUT2D eigenvalue weighted by atomic mass is 10.2. The number of carbonyl (C=O) groups excluding carboxylic acids is 4. The number of nitrogens with zero attached hydrogens (tertiary/aromatic N) is 1. The second-order valence-electron chi connectivity index (χ2n) is 6.33. The molecule has 1 saturated heterocycles. The van der Waals surface area contributed by atoms with Crippen LogP contribution in [0.25, 0.3) is 0 Å². The van der Waals surface area contributed by atoms with E-state index >= 15 is 0 Å². The molecule has 1 fully saturated rings. The van der Waals surface area contributed by atoms with E-state index in [2.05, 4.69) is 5.32 Å². The Balaban J connectivity index is 1.63. The molecule has 1 N–H and O–H groups in total. The summed E-state index contributed by atoms with van der Waals surface area (Å²) in [6.07, 6.45) is -1.01. The monoisotopic (exact) mass is 402 g/mol. The molecule has 0 unspecified atom stereocenters. The van der Waals surface area contributed by atoms with Crippen LogP contribution in [0.1, 0.15) is 30.1 Å². The molecule has 0 aromatic heterocycles. The van der Waals surface area contributed by atoms with Crippen molar-refractivity contribution in [3.8, 4) is 0 Å². The maximum absolute atomic E-state index is 13.6. The van der Waals surface area contributed by atoms with E-state index in [9.17, 15) is 28.0 Å². The number of rotatable bonds is 5. The number of hydrogen-bond acceptors (Lipinski definition) is 5. The van der Waals surface area contributed by atoms with Gasteiger partial charge in [0.2, 0.25) is 11.8 Å². The second kappa shape index (κ2) is 8.17. The molecule has 29 heavy (non-hydrogen) atoms. The molecule has 150 valence electrons. The van der Waals surface area contributed by atoms with Crippen molar-refractivity contribution in [3.05, 3.63) is 59.7 Å². The van der Waals surface area contributed by atoms with Crippen LogP contribution < -0.4 is 10.2 Å². The van der Waals surface area contributed by atoms with Crippen molar-refractivity contribution in [1.29, 1.82) is 0 Å². The fourth-order valence-electron chi connectivity index (χ4n) is 2.72. The van der Waals surface area contributed by atoms with Crippen molar-refractivity contribution in [2.24, 2.45) is 0 Å². The number of anilines is 2. The van der Waals surface area contributed by atoms with Crippen LogP contribution in [0.15, 0.2) is 42.5 Å². The number of imide groups is 1. The summed E-state index contributed by atoms with van der Waals surface area (Å²) in [4.78, 5) is 48.8. The molecule has 1 atom stereocenters. The molecule has 0 spiro atoms. The van der Waals surface area contributed by atoms with Crippen LogP contribution in [-0.2, 0) is 19.1 Å². The Morgan fingerprint density at radius 3 is 2.28 bits per heavy atom. The summed E-state index contributed by atoms with van der Waals surface area (Å²) in [5, 5.41) is 2.15. The minimum atomic E-state index is -1.29. The molecule has 1 aliphatic heterocycles. The fourth-order valence-corrected chi connectivity index (χ4v) is 2.72. The lowest BCUT2D eigenvalue weighted by Gasteiger charge is -2.15. The first-order chi connectivity index (χ1) is 13.8. The van der Waals surface area contributed by atoms with Crippen LogP contribution in [0.2, 0.25) is 0 Å². The van der Waals surface area contributed by atoms with Gasteiger partial charge in [-0.3, -0.25) is 19.3 Å². The van der Waals surface area contributed by atoms with Gasteiger partial charge in [-0.05, 0) is 43.3 Å². The lowest BCUT2D eigenvalue weighted by molar-refractivity contribution is -0.124. The molecule has 0 saturated carbocycles. The molecule has 9 heteroatoms. The Bertz CT molecular complexity index is 975. The van der Waals surface area contributed by atoms with E-state index in [0.717, 1.165) is 23.1 Å². The van der Waals surface area contributed by atoms with Gasteiger partial charge in [0.15, 0.2) is 6.10 Å². The Hall–Kier alpha value is -3.62. The van der Waals surface area contributed by atoms with Crippen LogP contribution in [0, 0.1) is 11.6 Å². The number of ether oxygens (including phenoxy) is 1. The first-order valence-electron chi connectivity index (χ1n) is 8.69. The van der Waals surface area contributed by atoms with Crippen LogP contribution in [-0.4, -0.2) is 29.8 Å². The summed E-state index contributed by atoms with van der Waals surface area (Å²) >= 11 is 0. The third kappa shape index (κ3) is 4.45. The summed E-state index contributed by atoms with van der Waals surface area (Å²) in [7, 11) is 0. The molecule has 0 bridgehead atoms. The minimum absolute atomic E-state index is 0.0874. The van der Waals surface area contributed by atoms with Gasteiger partial charge in [-0.1, -0.05) is 0 Å². The maximum atomic E-state index is 13.6. The van der Waals surface area contributed by atoms with Crippen molar-refractivity contribution in [3.63, 3.8) is 0 Å². The van der Waals surface area contributed by atoms with Gasteiger partial charge in [-0.15, -0.1) is 0 Å². The highest BCUT2D eigenvalue weighted by atomic mass is 19.1. The zero-order chi connectivity index (χ0) is 21.1. The lowest BCUT2D eigenvalue weighted by Crippen LogP contribution is -2.30. The zero-order valence-corrected chi connectivity index (χ0v) is 15.3. The van der Waals surface area contributed by atoms with E-state index in [4.69, 9.17) is 4.74 Å². The summed E-state index contributed by atoms with van der Waals surface area (Å²) < 4.78 is 31.8. The molecule has 3 amide bonds. The van der Waals surface area contributed by atoms with Gasteiger partial charge in [-0.2, -0.15) is 0 Å². The predicted molar refractivity (Wildman–Crippen MR) is 98.0 cm³/mol. The van der Waals surface area contributed by atoms with Gasteiger partial charge in [0.25, 0.3) is 5.91 Å². The molecule has 3 rings (SSSR count). The Labute approximate surface area is 164 Å². The van der Waals surface area contributed by atoms with Crippen molar-refractivity contribution < 1.29 is 32.7 Å². The largest absolute Gasteiger partial charge is 0.449 e. The summed E-state index contributed by atoms with van der Waals surface area (Å²) in [5.41, 5.74) is 0.0491. The van der Waals surface area contributed by atoms with Gasteiger partial charge < -0.3 is 10.1 Å². The van der Waals surface area contributed by atoms with Crippen molar-refractivity contribution in [2.45, 2.75) is 25.9 Å². The molecule has 0 aliphatic carbocycles. The van der Waals surface area contributed by atoms with Crippen LogP contribution in [0.3, 0.4) is 0 Å². The first-order valence-corrected chi connectivity index (χ1v) is 8.69. The summed E-state index contributed by atoms with van der Waals surface area (Å²) in [6, 6.07) is 8.12. The Kier molecular flexibility index (Phi) is 5.67. The standard InChI is InChI=1S/C20H16F2N2O5/c1-11(19(27)23-16-10-13(21)4-7-15(16)22)29-20(28)12-2-5-14(6-3-12)24-17(25)8-9-18(24)26/h2-7,10-11H,8-9H2,1H3,(H,23,27)/t11-/m0/s1. The molecule has 1 heterocycles. The van der Waals surface area contributed by atoms with Crippen LogP contribution in [0.5, 0.6) is 0 Å². The number of carbonyl (C=O) groups is 4. The van der Waals surface area contributed by atoms with E-state index in [-0.39, 0.29) is 35.9 Å². The van der Waals surface area contributed by atoms with E-state index in [1.165, 1.54) is 31.2 Å². The average molecular weight is 402 g/mol. The Morgan fingerprint density at radius 2 is 1.66 bits per heavy atom. The predicted octanol–water partition coefficient (Wildman–Crippen LogP) is 2.80. The van der Waals surface area contributed by atoms with Crippen molar-refractivity contribution >= 4 is 35.1 Å². The van der Waals surface area contributed by atoms with Gasteiger partial charge in [-0.25, -0.2) is 13.6 Å². The van der Waals surface area contributed by atoms with E-state index in [1.54, 1.807) is 0 Å². The van der Waals surface area contributed by atoms with Crippen molar-refractivity contribution in [2.75, 3.05) is 10.2 Å². The summed E-state index contributed by atoms with van der Waals surface area (Å²) in [6.45, 7) is 1.28. The molecule has 2 aromatic carbocycles. The average Bonchev–Trinajstić information content (AvgIpc) is 3.03. The van der Waals surface area contributed by atoms with Gasteiger partial charge in [0.1, 0.15) is 11.6 Å². The number of hydrogen-bond donors (Lipinski definition) is 1. The molecule has 1 aliphatic rings. The minimum Gasteiger partial charge on any atom is -0.449 e. The zero-order valence-electron chi connectivity index (χ0n) is 15.3. The second-order valence-corrected chi connectivity index (χ2v) is 6.33. The fraction of sp³-hybridized carbons (Fsp3) is 0.200. The normalized spacial score (nSPS) is 14.7. The number of benzene rings is 2. The Morgan fingerprint density at radius 1 is 1.03 bits per heavy atom. The van der Waals surface area contributed by atoms with E-state index in [1.807, 2.05) is 0 Å². The number of halogens is 2. The molecule has 0 radical (unpaired) electrons. The molecule has 2 aromatic rings. The van der Waals surface area contributed by atoms with Gasteiger partial charge in [0.05, 0.1) is 16.9 Å². The number of nitrogens with one attached hydrogen (secondary N) is 1. The van der Waals surface area contributed by atoms with Gasteiger partial charge in [0, 0.05) is 18.9 Å². The molecular formula is C20H16F2N2O5. The third-order valence-corrected chi connectivity index (χ3v) is 4.25. The highest BCUT2D eigenvalue weighted by molar-refractivity contribution is 6.19. The van der Waals surface area contributed by atoms with Gasteiger partial charge >= 0.3 is 5.97 Å². The first kappa shape index (κ1) is 20.1. The SMILES string of the molecule is C[C@H](OC(=O)c1ccc(N2C(=O)CCC2=O)cc1)C(=O)Nc1cc(F)ccc1F. The maximum Gasteiger partial charge on any atom is 0.338 e. The van der Waals surface area contributed by atoms with E-state index < -0.39 is 29.6 Å². The number of amides is 3. The van der Waals surface area contributed by atoms with Crippen LogP contribution >= 0.6 is 0 Å². The highest BCUT2D eigenvalue weighted by Crippen LogP contribution is 2.23.